The molecule has 0 aromatic carbocycles. The molecule has 1 aliphatic carbocycles. The second-order valence-corrected chi connectivity index (χ2v) is 7.75. The predicted octanol–water partition coefficient (Wildman–Crippen LogP) is 3.38. The summed E-state index contributed by atoms with van der Waals surface area (Å²) in [5.41, 5.74) is 6.48. The number of hydrogen-bond acceptors (Lipinski definition) is 3. The molecule has 1 aliphatic heterocycles. The average Bonchev–Trinajstić information content (AvgIpc) is 2.39. The summed E-state index contributed by atoms with van der Waals surface area (Å²) in [4.78, 5) is 0. The van der Waals surface area contributed by atoms with Gasteiger partial charge in [-0.15, -0.1) is 0 Å². The van der Waals surface area contributed by atoms with E-state index in [0.29, 0.717) is 6.04 Å². The van der Waals surface area contributed by atoms with Crippen LogP contribution in [0.25, 0.3) is 0 Å². The Bertz CT molecular complexity index is 196. The standard InChI is InChI=1S/C13H25NS2/c1-2-10-3-5-11(6-4-10)13(14)12-9-15-7-8-16-12/h10-13H,2-9,14H2,1H3. The van der Waals surface area contributed by atoms with Crippen LogP contribution < -0.4 is 5.73 Å². The van der Waals surface area contributed by atoms with Crippen LogP contribution in [-0.4, -0.2) is 28.6 Å². The van der Waals surface area contributed by atoms with Crippen LogP contribution in [0.3, 0.4) is 0 Å². The van der Waals surface area contributed by atoms with E-state index < -0.39 is 0 Å². The third-order valence-corrected chi connectivity index (χ3v) is 7.19. The van der Waals surface area contributed by atoms with Gasteiger partial charge in [0.2, 0.25) is 0 Å². The fourth-order valence-electron chi connectivity index (χ4n) is 3.01. The second-order valence-electron chi connectivity index (χ2n) is 5.25. The highest BCUT2D eigenvalue weighted by Crippen LogP contribution is 2.36. The van der Waals surface area contributed by atoms with Gasteiger partial charge in [0, 0.05) is 28.6 Å². The van der Waals surface area contributed by atoms with E-state index >= 15 is 0 Å². The molecule has 1 nitrogen and oxygen atoms in total. The van der Waals surface area contributed by atoms with Gasteiger partial charge in [-0.25, -0.2) is 0 Å². The average molecular weight is 259 g/mol. The Kier molecular flexibility index (Phi) is 5.37. The van der Waals surface area contributed by atoms with E-state index in [9.17, 15) is 0 Å². The summed E-state index contributed by atoms with van der Waals surface area (Å²) in [6, 6.07) is 0.468. The number of thioether (sulfide) groups is 2. The molecule has 0 spiro atoms. The van der Waals surface area contributed by atoms with Gasteiger partial charge >= 0.3 is 0 Å². The van der Waals surface area contributed by atoms with Crippen molar-refractivity contribution in [3.05, 3.63) is 0 Å². The topological polar surface area (TPSA) is 26.0 Å². The first kappa shape index (κ1) is 13.1. The van der Waals surface area contributed by atoms with Crippen molar-refractivity contribution in [2.45, 2.75) is 50.3 Å². The quantitative estimate of drug-likeness (QED) is 0.841. The van der Waals surface area contributed by atoms with Crippen molar-refractivity contribution in [1.29, 1.82) is 0 Å². The minimum Gasteiger partial charge on any atom is -0.326 e. The van der Waals surface area contributed by atoms with Crippen LogP contribution in [0.5, 0.6) is 0 Å². The lowest BCUT2D eigenvalue weighted by Crippen LogP contribution is -2.43. The van der Waals surface area contributed by atoms with E-state index in [-0.39, 0.29) is 0 Å². The van der Waals surface area contributed by atoms with E-state index in [1.807, 2.05) is 0 Å². The lowest BCUT2D eigenvalue weighted by Gasteiger charge is -2.36. The van der Waals surface area contributed by atoms with Gasteiger partial charge in [0.25, 0.3) is 0 Å². The second kappa shape index (κ2) is 6.55. The highest BCUT2D eigenvalue weighted by Gasteiger charge is 2.31. The summed E-state index contributed by atoms with van der Waals surface area (Å²) < 4.78 is 0. The zero-order chi connectivity index (χ0) is 11.4. The summed E-state index contributed by atoms with van der Waals surface area (Å²) in [6.45, 7) is 2.33. The molecule has 0 aromatic rings. The molecule has 2 rings (SSSR count). The van der Waals surface area contributed by atoms with Gasteiger partial charge in [0.15, 0.2) is 0 Å². The summed E-state index contributed by atoms with van der Waals surface area (Å²) in [5.74, 6) is 5.75. The van der Waals surface area contributed by atoms with Crippen LogP contribution in [0.2, 0.25) is 0 Å². The van der Waals surface area contributed by atoms with Gasteiger partial charge in [-0.1, -0.05) is 26.2 Å². The Hall–Kier alpha value is 0.660. The van der Waals surface area contributed by atoms with Crippen molar-refractivity contribution in [2.75, 3.05) is 17.3 Å². The Morgan fingerprint density at radius 2 is 1.94 bits per heavy atom. The summed E-state index contributed by atoms with van der Waals surface area (Å²) >= 11 is 4.23. The summed E-state index contributed by atoms with van der Waals surface area (Å²) in [7, 11) is 0. The SMILES string of the molecule is CCC1CCC(C(N)C2CSCCS2)CC1. The third kappa shape index (κ3) is 3.33. The minimum atomic E-state index is 0.468. The molecule has 2 N–H and O–H groups in total. The maximum atomic E-state index is 6.48. The van der Waals surface area contributed by atoms with Crippen LogP contribution in [0, 0.1) is 11.8 Å². The first-order chi connectivity index (χ1) is 7.81. The lowest BCUT2D eigenvalue weighted by atomic mass is 9.77. The van der Waals surface area contributed by atoms with Crippen LogP contribution >= 0.6 is 23.5 Å². The molecule has 1 saturated carbocycles. The van der Waals surface area contributed by atoms with Gasteiger partial charge in [0.05, 0.1) is 0 Å². The Morgan fingerprint density at radius 3 is 2.50 bits per heavy atom. The fraction of sp³-hybridized carbons (Fsp3) is 1.00. The monoisotopic (exact) mass is 259 g/mol. The third-order valence-electron chi connectivity index (χ3n) is 4.28. The predicted molar refractivity (Wildman–Crippen MR) is 77.3 cm³/mol. The smallest absolute Gasteiger partial charge is 0.0292 e. The van der Waals surface area contributed by atoms with E-state index in [0.717, 1.165) is 17.1 Å². The normalized spacial score (nSPS) is 38.2. The number of nitrogens with two attached hydrogens (primary N) is 1. The molecule has 1 saturated heterocycles. The van der Waals surface area contributed by atoms with Crippen LogP contribution in [0.1, 0.15) is 39.0 Å². The molecular weight excluding hydrogens is 234 g/mol. The Balaban J connectivity index is 1.78. The Labute approximate surface area is 109 Å². The van der Waals surface area contributed by atoms with Crippen molar-refractivity contribution in [1.82, 2.24) is 0 Å². The number of rotatable bonds is 3. The van der Waals surface area contributed by atoms with Crippen LogP contribution in [0.15, 0.2) is 0 Å². The van der Waals surface area contributed by atoms with Crippen molar-refractivity contribution >= 4 is 23.5 Å². The summed E-state index contributed by atoms with van der Waals surface area (Å²) in [6.07, 6.45) is 7.01. The van der Waals surface area contributed by atoms with Crippen molar-refractivity contribution in [3.63, 3.8) is 0 Å². The van der Waals surface area contributed by atoms with Crippen LogP contribution in [-0.2, 0) is 0 Å². The van der Waals surface area contributed by atoms with E-state index in [2.05, 4.69) is 30.4 Å². The van der Waals surface area contributed by atoms with E-state index in [1.54, 1.807) is 0 Å². The molecule has 2 atom stereocenters. The molecule has 0 radical (unpaired) electrons. The molecule has 0 aromatic heterocycles. The molecule has 16 heavy (non-hydrogen) atoms. The van der Waals surface area contributed by atoms with Gasteiger partial charge in [-0.05, 0) is 24.7 Å². The molecule has 0 amide bonds. The number of hydrogen-bond donors (Lipinski definition) is 1. The van der Waals surface area contributed by atoms with Gasteiger partial charge < -0.3 is 5.73 Å². The molecule has 94 valence electrons. The molecule has 1 heterocycles. The molecule has 2 unspecified atom stereocenters. The van der Waals surface area contributed by atoms with Crippen molar-refractivity contribution < 1.29 is 0 Å². The molecule has 2 aliphatic rings. The maximum absolute atomic E-state index is 6.48. The van der Waals surface area contributed by atoms with Crippen molar-refractivity contribution in [2.24, 2.45) is 17.6 Å². The molecule has 3 heteroatoms. The Morgan fingerprint density at radius 1 is 1.19 bits per heavy atom. The molecule has 0 bridgehead atoms. The highest BCUT2D eigenvalue weighted by atomic mass is 32.2. The maximum Gasteiger partial charge on any atom is 0.0292 e. The fourth-order valence-corrected chi connectivity index (χ4v) is 5.91. The zero-order valence-corrected chi connectivity index (χ0v) is 12.0. The van der Waals surface area contributed by atoms with Crippen LogP contribution in [0.4, 0.5) is 0 Å². The largest absolute Gasteiger partial charge is 0.326 e. The van der Waals surface area contributed by atoms with E-state index in [4.69, 9.17) is 5.73 Å². The van der Waals surface area contributed by atoms with Gasteiger partial charge in [-0.2, -0.15) is 23.5 Å². The van der Waals surface area contributed by atoms with E-state index in [1.165, 1.54) is 49.4 Å². The molecular formula is C13H25NS2. The summed E-state index contributed by atoms with van der Waals surface area (Å²) in [5, 5.41) is 0.738. The minimum absolute atomic E-state index is 0.468. The van der Waals surface area contributed by atoms with Crippen molar-refractivity contribution in [3.8, 4) is 0 Å². The highest BCUT2D eigenvalue weighted by molar-refractivity contribution is 8.06. The lowest BCUT2D eigenvalue weighted by molar-refractivity contribution is 0.238. The zero-order valence-electron chi connectivity index (χ0n) is 10.4. The van der Waals surface area contributed by atoms with Gasteiger partial charge in [-0.3, -0.25) is 0 Å². The first-order valence-corrected chi connectivity index (χ1v) is 8.96. The first-order valence-electron chi connectivity index (χ1n) is 6.76. The molecule has 2 fully saturated rings. The van der Waals surface area contributed by atoms with Gasteiger partial charge in [0.1, 0.15) is 0 Å².